The third-order valence-electron chi connectivity index (χ3n) is 2.37. The van der Waals surface area contributed by atoms with Crippen LogP contribution in [0, 0.1) is 0 Å². The van der Waals surface area contributed by atoms with Gasteiger partial charge in [-0.3, -0.25) is 19.4 Å². The lowest BCUT2D eigenvalue weighted by atomic mass is 10.2. The Morgan fingerprint density at radius 1 is 1.48 bits per heavy atom. The van der Waals surface area contributed by atoms with Crippen molar-refractivity contribution in [2.24, 2.45) is 0 Å². The molecule has 21 heavy (non-hydrogen) atoms. The van der Waals surface area contributed by atoms with E-state index in [4.69, 9.17) is 9.84 Å². The molecule has 0 saturated carbocycles. The summed E-state index contributed by atoms with van der Waals surface area (Å²) in [7, 11) is 0.500. The van der Waals surface area contributed by atoms with Crippen LogP contribution in [0.25, 0.3) is 0 Å². The van der Waals surface area contributed by atoms with Crippen molar-refractivity contribution in [2.45, 2.75) is 45.6 Å². The van der Waals surface area contributed by atoms with E-state index in [1.165, 1.54) is 6.20 Å². The summed E-state index contributed by atoms with van der Waals surface area (Å²) in [6, 6.07) is -0.694. The van der Waals surface area contributed by atoms with Gasteiger partial charge in [-0.05, 0) is 6.92 Å². The molecule has 1 aliphatic rings. The second-order valence-corrected chi connectivity index (χ2v) is 3.59. The number of urea groups is 1. The van der Waals surface area contributed by atoms with Crippen LogP contribution in [-0.4, -0.2) is 59.8 Å². The molecule has 0 bridgehead atoms. The first kappa shape index (κ1) is 21.8. The molecule has 3 atom stereocenters. The van der Waals surface area contributed by atoms with Crippen molar-refractivity contribution in [3.8, 4) is 0 Å². The molecule has 1 saturated heterocycles. The molecule has 3 N–H and O–H groups in total. The molecule has 0 aromatic rings. The summed E-state index contributed by atoms with van der Waals surface area (Å²) in [4.78, 5) is 22.8. The first-order valence-corrected chi connectivity index (χ1v) is 6.61. The topological polar surface area (TPSA) is 99.1 Å². The van der Waals surface area contributed by atoms with Crippen molar-refractivity contribution in [1.29, 1.82) is 0 Å². The standard InChI is InChI=1S/C10H16N2O5.C2H6.CH3F/c1-2-3-12(10(16)11-6-14)9-8(15)4-7(5-13)17-9;2*1-2/h2-3,6-9,13,15H,4-5H2,1H3,(H,11,14,16);1-2H3;1H3/b3-2-;;. The van der Waals surface area contributed by atoms with Crippen LogP contribution >= 0.6 is 0 Å². The highest BCUT2D eigenvalue weighted by atomic mass is 19.1. The summed E-state index contributed by atoms with van der Waals surface area (Å²) < 4.78 is 14.8. The number of imide groups is 1. The maximum Gasteiger partial charge on any atom is 0.330 e. The largest absolute Gasteiger partial charge is 0.394 e. The van der Waals surface area contributed by atoms with Gasteiger partial charge in [0.15, 0.2) is 6.23 Å². The number of amides is 3. The molecule has 1 heterocycles. The lowest BCUT2D eigenvalue weighted by molar-refractivity contribution is -0.109. The minimum atomic E-state index is -0.902. The third-order valence-corrected chi connectivity index (χ3v) is 2.37. The lowest BCUT2D eigenvalue weighted by Crippen LogP contribution is -2.46. The number of rotatable bonds is 4. The fourth-order valence-corrected chi connectivity index (χ4v) is 1.65. The number of nitrogens with one attached hydrogen (secondary N) is 1. The quantitative estimate of drug-likeness (QED) is 0.666. The highest BCUT2D eigenvalue weighted by Crippen LogP contribution is 2.23. The Hall–Kier alpha value is -1.51. The number of ether oxygens (including phenoxy) is 1. The summed E-state index contributed by atoms with van der Waals surface area (Å²) in [6.45, 7) is 5.46. The van der Waals surface area contributed by atoms with E-state index in [0.29, 0.717) is 7.18 Å². The van der Waals surface area contributed by atoms with E-state index in [1.807, 2.05) is 19.2 Å². The number of allylic oxidation sites excluding steroid dienone is 1. The van der Waals surface area contributed by atoms with Gasteiger partial charge in [0.2, 0.25) is 6.41 Å². The highest BCUT2D eigenvalue weighted by Gasteiger charge is 2.38. The van der Waals surface area contributed by atoms with Crippen LogP contribution in [-0.2, 0) is 9.53 Å². The van der Waals surface area contributed by atoms with Crippen LogP contribution in [0.4, 0.5) is 9.18 Å². The molecule has 3 amide bonds. The van der Waals surface area contributed by atoms with E-state index in [-0.39, 0.29) is 19.4 Å². The molecule has 3 unspecified atom stereocenters. The van der Waals surface area contributed by atoms with Crippen molar-refractivity contribution < 1.29 is 28.9 Å². The SMILES string of the molecule is C/C=C\N(C(=O)NC=O)C1OC(CO)CC1O.CC.CF. The van der Waals surface area contributed by atoms with Crippen molar-refractivity contribution in [3.05, 3.63) is 12.3 Å². The van der Waals surface area contributed by atoms with E-state index in [1.54, 1.807) is 13.0 Å². The monoisotopic (exact) mass is 308 g/mol. The number of aliphatic hydroxyl groups excluding tert-OH is 2. The average molecular weight is 308 g/mol. The smallest absolute Gasteiger partial charge is 0.330 e. The number of carbonyl (C=O) groups is 2. The molecule has 0 aromatic heterocycles. The number of hydrogen-bond acceptors (Lipinski definition) is 5. The van der Waals surface area contributed by atoms with E-state index in [0.717, 1.165) is 4.90 Å². The summed E-state index contributed by atoms with van der Waals surface area (Å²) in [5.74, 6) is 0. The van der Waals surface area contributed by atoms with Gasteiger partial charge in [0.05, 0.1) is 19.9 Å². The van der Waals surface area contributed by atoms with Crippen molar-refractivity contribution >= 4 is 12.4 Å². The molecular formula is C13H25FN2O5. The van der Waals surface area contributed by atoms with Crippen molar-refractivity contribution in [1.82, 2.24) is 10.2 Å². The van der Waals surface area contributed by atoms with Crippen molar-refractivity contribution in [2.75, 3.05) is 13.8 Å². The van der Waals surface area contributed by atoms with Crippen LogP contribution in [0.3, 0.4) is 0 Å². The lowest BCUT2D eigenvalue weighted by Gasteiger charge is -2.26. The van der Waals surface area contributed by atoms with Crippen LogP contribution in [0.5, 0.6) is 0 Å². The maximum absolute atomic E-state index is 11.5. The average Bonchev–Trinajstić information content (AvgIpc) is 2.90. The van der Waals surface area contributed by atoms with Crippen molar-refractivity contribution in [3.63, 3.8) is 0 Å². The van der Waals surface area contributed by atoms with Gasteiger partial charge in [-0.1, -0.05) is 19.9 Å². The molecule has 0 spiro atoms. The molecule has 7 nitrogen and oxygen atoms in total. The molecule has 1 rings (SSSR count). The molecule has 124 valence electrons. The second kappa shape index (κ2) is 13.5. The van der Waals surface area contributed by atoms with Gasteiger partial charge in [-0.2, -0.15) is 0 Å². The Kier molecular flexibility index (Phi) is 14.0. The molecule has 0 aromatic carbocycles. The van der Waals surface area contributed by atoms with Gasteiger partial charge in [0, 0.05) is 12.6 Å². The number of halogens is 1. The molecule has 0 radical (unpaired) electrons. The Balaban J connectivity index is 0. The van der Waals surface area contributed by atoms with E-state index in [9.17, 15) is 19.1 Å². The summed E-state index contributed by atoms with van der Waals surface area (Å²) in [5.41, 5.74) is 0. The van der Waals surface area contributed by atoms with Crippen LogP contribution < -0.4 is 5.32 Å². The number of aliphatic hydroxyl groups is 2. The normalized spacial score (nSPS) is 23.5. The van der Waals surface area contributed by atoms with Crippen LogP contribution in [0.2, 0.25) is 0 Å². The first-order valence-electron chi connectivity index (χ1n) is 6.61. The predicted molar refractivity (Wildman–Crippen MR) is 76.0 cm³/mol. The highest BCUT2D eigenvalue weighted by molar-refractivity contribution is 5.85. The second-order valence-electron chi connectivity index (χ2n) is 3.59. The fourth-order valence-electron chi connectivity index (χ4n) is 1.65. The Labute approximate surface area is 124 Å². The zero-order valence-corrected chi connectivity index (χ0v) is 12.8. The predicted octanol–water partition coefficient (Wildman–Crippen LogP) is 0.768. The van der Waals surface area contributed by atoms with Gasteiger partial charge in [-0.15, -0.1) is 0 Å². The Bertz CT molecular complexity index is 315. The van der Waals surface area contributed by atoms with Crippen LogP contribution in [0.1, 0.15) is 27.2 Å². The summed E-state index contributed by atoms with van der Waals surface area (Å²) in [5, 5.41) is 20.6. The van der Waals surface area contributed by atoms with Gasteiger partial charge in [0.25, 0.3) is 0 Å². The molecule has 1 fully saturated rings. The number of hydrogen-bond donors (Lipinski definition) is 3. The number of carbonyl (C=O) groups excluding carboxylic acids is 2. The molecule has 1 aliphatic heterocycles. The van der Waals surface area contributed by atoms with E-state index < -0.39 is 24.5 Å². The molecular weight excluding hydrogens is 283 g/mol. The molecule has 0 aliphatic carbocycles. The minimum Gasteiger partial charge on any atom is -0.394 e. The van der Waals surface area contributed by atoms with E-state index >= 15 is 0 Å². The third kappa shape index (κ3) is 7.16. The zero-order chi connectivity index (χ0) is 16.8. The summed E-state index contributed by atoms with van der Waals surface area (Å²) in [6.07, 6.45) is 1.16. The Morgan fingerprint density at radius 2 is 2.05 bits per heavy atom. The van der Waals surface area contributed by atoms with E-state index in [2.05, 4.69) is 0 Å². The van der Waals surface area contributed by atoms with Gasteiger partial charge in [-0.25, -0.2) is 4.79 Å². The van der Waals surface area contributed by atoms with Gasteiger partial charge >= 0.3 is 6.03 Å². The van der Waals surface area contributed by atoms with Gasteiger partial charge in [0.1, 0.15) is 6.10 Å². The summed E-state index contributed by atoms with van der Waals surface area (Å²) >= 11 is 0. The fraction of sp³-hybridized carbons (Fsp3) is 0.692. The number of nitrogens with zero attached hydrogens (tertiary/aromatic N) is 1. The van der Waals surface area contributed by atoms with Crippen LogP contribution in [0.15, 0.2) is 12.3 Å². The molecule has 8 heteroatoms. The van der Waals surface area contributed by atoms with Gasteiger partial charge < -0.3 is 14.9 Å². The minimum absolute atomic E-state index is 0.230. The first-order chi connectivity index (χ1) is 10.1. The zero-order valence-electron chi connectivity index (χ0n) is 12.8. The Morgan fingerprint density at radius 3 is 2.43 bits per heavy atom. The number of alkyl halides is 1. The maximum atomic E-state index is 11.5.